The van der Waals surface area contributed by atoms with Crippen LogP contribution in [0.1, 0.15) is 44.0 Å². The van der Waals surface area contributed by atoms with Crippen molar-refractivity contribution in [3.05, 3.63) is 35.5 Å². The van der Waals surface area contributed by atoms with Crippen LogP contribution in [0.3, 0.4) is 0 Å². The van der Waals surface area contributed by atoms with Gasteiger partial charge < -0.3 is 9.67 Å². The maximum atomic E-state index is 10.9. The second-order valence-electron chi connectivity index (χ2n) is 6.37. The van der Waals surface area contributed by atoms with Gasteiger partial charge in [-0.15, -0.1) is 0 Å². The van der Waals surface area contributed by atoms with E-state index in [9.17, 15) is 5.11 Å². The molecule has 2 atom stereocenters. The number of aliphatic hydroxyl groups is 1. The third kappa shape index (κ3) is 1.48. The van der Waals surface area contributed by atoms with Crippen molar-refractivity contribution in [3.63, 3.8) is 0 Å². The van der Waals surface area contributed by atoms with Gasteiger partial charge in [-0.05, 0) is 44.4 Å². The third-order valence-electron chi connectivity index (χ3n) is 5.20. The number of rotatable bonds is 1. The molecule has 4 rings (SSSR count). The van der Waals surface area contributed by atoms with Crippen LogP contribution in [0.5, 0.6) is 0 Å². The number of hydrogen-bond donors (Lipinski definition) is 1. The minimum Gasteiger partial charge on any atom is -0.371 e. The van der Waals surface area contributed by atoms with Gasteiger partial charge in [-0.25, -0.2) is 0 Å². The van der Waals surface area contributed by atoms with Gasteiger partial charge in [0.15, 0.2) is 0 Å². The SMILES string of the molecule is CCN1CCc2c3n(c4ccccc24)C(C)(O)CCC31. The van der Waals surface area contributed by atoms with Crippen LogP contribution in [0.2, 0.25) is 0 Å². The highest BCUT2D eigenvalue weighted by atomic mass is 16.3. The highest BCUT2D eigenvalue weighted by Gasteiger charge is 2.41. The van der Waals surface area contributed by atoms with E-state index < -0.39 is 5.72 Å². The molecule has 0 aliphatic carbocycles. The predicted octanol–water partition coefficient (Wildman–Crippen LogP) is 3.02. The summed E-state index contributed by atoms with van der Waals surface area (Å²) in [4.78, 5) is 2.56. The molecular weight excluding hydrogens is 248 g/mol. The molecule has 0 amide bonds. The van der Waals surface area contributed by atoms with Crippen molar-refractivity contribution in [3.8, 4) is 0 Å². The summed E-state index contributed by atoms with van der Waals surface area (Å²) in [5.41, 5.74) is 3.29. The summed E-state index contributed by atoms with van der Waals surface area (Å²) in [7, 11) is 0. The molecule has 3 heteroatoms. The van der Waals surface area contributed by atoms with E-state index in [1.54, 1.807) is 0 Å². The maximum absolute atomic E-state index is 10.9. The number of aromatic nitrogens is 1. The number of likely N-dealkylation sites (N-methyl/N-ethyl adjacent to an activating group) is 1. The lowest BCUT2D eigenvalue weighted by Gasteiger charge is -2.44. The van der Waals surface area contributed by atoms with Crippen molar-refractivity contribution in [2.75, 3.05) is 13.1 Å². The summed E-state index contributed by atoms with van der Waals surface area (Å²) < 4.78 is 2.22. The summed E-state index contributed by atoms with van der Waals surface area (Å²) >= 11 is 0. The van der Waals surface area contributed by atoms with Gasteiger partial charge in [0.1, 0.15) is 5.72 Å². The number of hydrogen-bond acceptors (Lipinski definition) is 2. The van der Waals surface area contributed by atoms with E-state index in [2.05, 4.69) is 40.7 Å². The fourth-order valence-electron chi connectivity index (χ4n) is 4.26. The summed E-state index contributed by atoms with van der Waals surface area (Å²) in [5.74, 6) is 0. The first-order valence-corrected chi connectivity index (χ1v) is 7.72. The van der Waals surface area contributed by atoms with E-state index in [1.807, 2.05) is 6.92 Å². The molecule has 2 unspecified atom stereocenters. The number of para-hydroxylation sites is 1. The molecule has 3 nitrogen and oxygen atoms in total. The molecule has 0 bridgehead atoms. The third-order valence-corrected chi connectivity index (χ3v) is 5.20. The first kappa shape index (κ1) is 12.4. The zero-order chi connectivity index (χ0) is 13.9. The maximum Gasteiger partial charge on any atom is 0.139 e. The molecule has 0 saturated heterocycles. The van der Waals surface area contributed by atoms with Gasteiger partial charge in [0, 0.05) is 17.6 Å². The van der Waals surface area contributed by atoms with Crippen LogP contribution in [0.4, 0.5) is 0 Å². The van der Waals surface area contributed by atoms with Crippen molar-refractivity contribution in [2.24, 2.45) is 0 Å². The molecule has 1 aromatic carbocycles. The number of fused-ring (bicyclic) bond motifs is 3. The van der Waals surface area contributed by atoms with Crippen LogP contribution in [-0.2, 0) is 12.1 Å². The summed E-state index contributed by atoms with van der Waals surface area (Å²) in [5, 5.41) is 12.2. The summed E-state index contributed by atoms with van der Waals surface area (Å²) in [6, 6.07) is 9.04. The Balaban J connectivity index is 2.07. The largest absolute Gasteiger partial charge is 0.371 e. The van der Waals surface area contributed by atoms with Gasteiger partial charge in [0.25, 0.3) is 0 Å². The Bertz CT molecular complexity index is 671. The highest BCUT2D eigenvalue weighted by molar-refractivity contribution is 5.86. The molecular formula is C17H22N2O. The molecule has 2 aromatic rings. The smallest absolute Gasteiger partial charge is 0.139 e. The standard InChI is InChI=1S/C17H22N2O/c1-3-18-11-9-13-12-6-4-5-7-14(12)19-16(13)15(18)8-10-17(19,2)20/h4-7,15,20H,3,8-11H2,1-2H3. The highest BCUT2D eigenvalue weighted by Crippen LogP contribution is 2.46. The van der Waals surface area contributed by atoms with Gasteiger partial charge in [0.05, 0.1) is 11.6 Å². The van der Waals surface area contributed by atoms with Crippen LogP contribution in [0, 0.1) is 0 Å². The average molecular weight is 270 g/mol. The van der Waals surface area contributed by atoms with E-state index in [1.165, 1.54) is 22.2 Å². The normalized spacial score (nSPS) is 29.6. The fourth-order valence-corrected chi connectivity index (χ4v) is 4.26. The van der Waals surface area contributed by atoms with E-state index in [0.717, 1.165) is 32.4 Å². The molecule has 3 heterocycles. The van der Waals surface area contributed by atoms with Crippen LogP contribution in [-0.4, -0.2) is 27.7 Å². The zero-order valence-electron chi connectivity index (χ0n) is 12.3. The molecule has 0 radical (unpaired) electrons. The minimum absolute atomic E-state index is 0.483. The molecule has 20 heavy (non-hydrogen) atoms. The molecule has 0 saturated carbocycles. The Morgan fingerprint density at radius 2 is 2.15 bits per heavy atom. The predicted molar refractivity (Wildman–Crippen MR) is 80.7 cm³/mol. The van der Waals surface area contributed by atoms with Crippen LogP contribution < -0.4 is 0 Å². The first-order valence-electron chi connectivity index (χ1n) is 7.72. The lowest BCUT2D eigenvalue weighted by Crippen LogP contribution is -2.44. The quantitative estimate of drug-likeness (QED) is 0.863. The van der Waals surface area contributed by atoms with Gasteiger partial charge in [-0.3, -0.25) is 4.90 Å². The summed E-state index contributed by atoms with van der Waals surface area (Å²) in [6.07, 6.45) is 2.99. The van der Waals surface area contributed by atoms with Crippen molar-refractivity contribution < 1.29 is 5.11 Å². The van der Waals surface area contributed by atoms with Crippen molar-refractivity contribution in [2.45, 2.75) is 44.9 Å². The number of nitrogens with zero attached hydrogens (tertiary/aromatic N) is 2. The first-order chi connectivity index (χ1) is 9.63. The van der Waals surface area contributed by atoms with Gasteiger partial charge in [-0.1, -0.05) is 25.1 Å². The minimum atomic E-state index is -0.750. The second kappa shape index (κ2) is 4.09. The van der Waals surface area contributed by atoms with Crippen molar-refractivity contribution in [1.82, 2.24) is 9.47 Å². The van der Waals surface area contributed by atoms with Gasteiger partial charge >= 0.3 is 0 Å². The Kier molecular flexibility index (Phi) is 2.54. The van der Waals surface area contributed by atoms with Gasteiger partial charge in [0.2, 0.25) is 0 Å². The Morgan fingerprint density at radius 1 is 1.35 bits per heavy atom. The Hall–Kier alpha value is -1.32. The van der Waals surface area contributed by atoms with Crippen LogP contribution in [0.25, 0.3) is 10.9 Å². The van der Waals surface area contributed by atoms with E-state index in [4.69, 9.17) is 0 Å². The van der Waals surface area contributed by atoms with Crippen LogP contribution in [0.15, 0.2) is 24.3 Å². The molecule has 2 aliphatic heterocycles. The molecule has 1 aromatic heterocycles. The van der Waals surface area contributed by atoms with Crippen molar-refractivity contribution >= 4 is 10.9 Å². The Morgan fingerprint density at radius 3 is 2.95 bits per heavy atom. The zero-order valence-corrected chi connectivity index (χ0v) is 12.3. The van der Waals surface area contributed by atoms with Crippen LogP contribution >= 0.6 is 0 Å². The molecule has 1 N–H and O–H groups in total. The van der Waals surface area contributed by atoms with E-state index >= 15 is 0 Å². The molecule has 0 spiro atoms. The topological polar surface area (TPSA) is 28.4 Å². The number of benzene rings is 1. The lowest BCUT2D eigenvalue weighted by atomic mass is 9.89. The second-order valence-corrected chi connectivity index (χ2v) is 6.37. The van der Waals surface area contributed by atoms with E-state index in [-0.39, 0.29) is 0 Å². The molecule has 106 valence electrons. The average Bonchev–Trinajstić information content (AvgIpc) is 2.80. The lowest BCUT2D eigenvalue weighted by molar-refractivity contribution is -0.0534. The van der Waals surface area contributed by atoms with E-state index in [0.29, 0.717) is 6.04 Å². The Labute approximate surface area is 119 Å². The van der Waals surface area contributed by atoms with Gasteiger partial charge in [-0.2, -0.15) is 0 Å². The molecule has 2 aliphatic rings. The monoisotopic (exact) mass is 270 g/mol. The molecule has 0 fully saturated rings. The fraction of sp³-hybridized carbons (Fsp3) is 0.529. The van der Waals surface area contributed by atoms with Crippen molar-refractivity contribution in [1.29, 1.82) is 0 Å². The summed E-state index contributed by atoms with van der Waals surface area (Å²) in [6.45, 7) is 6.43.